The van der Waals surface area contributed by atoms with Gasteiger partial charge in [-0.15, -0.1) is 0 Å². The molecule has 3 aromatic rings. The van der Waals surface area contributed by atoms with Crippen LogP contribution in [0.3, 0.4) is 0 Å². The van der Waals surface area contributed by atoms with Crippen LogP contribution in [-0.2, 0) is 35.7 Å². The molecule has 0 spiro atoms. The standard InChI is InChI=1S/C15H11N3.2C8H12N2O3.Ni.H2O/c1-3-10-16-12(6-1)14-8-5-9-15(18-14)13-7-2-4-11-17-13;2*1-3-8(4-2)5(11)9-7(13)10-6(8)12;;/h1-11H;2*3-4H2,1-2H3,(H2,9,10,11,12,13);;1H2/q;;;+2;/p-2. The largest absolute Gasteiger partial charge is 2.00 e. The number of amides is 8. The SMILES string of the molecule is CCC1(CC)C(=O)[N-]C(=O)NC1=O.CCC1(CC)C(=O)[N-]C(=O)NC1=O.O.[Ni+2].c1ccc(-c2cccc(-c3ccccn3)n2)nc1. The first kappa shape index (κ1) is 39.1. The fraction of sp³-hybridized carbons (Fsp3) is 0.323. The number of urea groups is 2. The number of nitrogens with zero attached hydrogens (tertiary/aromatic N) is 5. The van der Waals surface area contributed by atoms with Crippen molar-refractivity contribution in [3.63, 3.8) is 0 Å². The van der Waals surface area contributed by atoms with Crippen LogP contribution in [0.5, 0.6) is 0 Å². The van der Waals surface area contributed by atoms with Gasteiger partial charge in [-0.05, 0) is 62.1 Å². The Bertz CT molecular complexity index is 1380. The summed E-state index contributed by atoms with van der Waals surface area (Å²) in [5.74, 6) is -2.29. The molecular weight excluding hydrogens is 641 g/mol. The first-order valence-corrected chi connectivity index (χ1v) is 14.1. The fourth-order valence-electron chi connectivity index (χ4n) is 4.58. The number of hydrogen-bond donors (Lipinski definition) is 2. The van der Waals surface area contributed by atoms with Crippen molar-refractivity contribution < 1.29 is 50.7 Å². The Labute approximate surface area is 276 Å². The quantitative estimate of drug-likeness (QED) is 0.280. The topological polar surface area (TPSA) is 225 Å². The van der Waals surface area contributed by atoms with Crippen molar-refractivity contribution in [2.24, 2.45) is 10.8 Å². The maximum absolute atomic E-state index is 11.4. The molecule has 2 fully saturated rings. The summed E-state index contributed by atoms with van der Waals surface area (Å²) in [4.78, 5) is 80.0. The molecule has 5 rings (SSSR count). The van der Waals surface area contributed by atoms with Gasteiger partial charge in [-0.2, -0.15) is 0 Å². The van der Waals surface area contributed by atoms with Crippen molar-refractivity contribution >= 4 is 35.7 Å². The van der Waals surface area contributed by atoms with E-state index in [1.165, 1.54) is 0 Å². The molecule has 46 heavy (non-hydrogen) atoms. The number of nitrogens with one attached hydrogen (secondary N) is 2. The Kier molecular flexibility index (Phi) is 15.0. The van der Waals surface area contributed by atoms with Crippen LogP contribution in [0.4, 0.5) is 9.59 Å². The van der Waals surface area contributed by atoms with E-state index in [9.17, 15) is 28.8 Å². The Morgan fingerprint density at radius 2 is 0.913 bits per heavy atom. The molecule has 15 heteroatoms. The van der Waals surface area contributed by atoms with Gasteiger partial charge in [-0.25, -0.2) is 4.98 Å². The van der Waals surface area contributed by atoms with Crippen molar-refractivity contribution in [3.05, 3.63) is 77.6 Å². The maximum Gasteiger partial charge on any atom is 2.00 e. The van der Waals surface area contributed by atoms with Crippen LogP contribution >= 0.6 is 0 Å². The summed E-state index contributed by atoms with van der Waals surface area (Å²) in [6.07, 6.45) is 5.00. The third-order valence-corrected chi connectivity index (χ3v) is 7.55. The second-order valence-electron chi connectivity index (χ2n) is 9.77. The zero-order chi connectivity index (χ0) is 32.3. The van der Waals surface area contributed by atoms with Gasteiger partial charge in [0.15, 0.2) is 35.7 Å². The fourth-order valence-corrected chi connectivity index (χ4v) is 4.58. The summed E-state index contributed by atoms with van der Waals surface area (Å²) in [5, 5.41) is 10.5. The summed E-state index contributed by atoms with van der Waals surface area (Å²) in [5.41, 5.74) is 1.23. The Morgan fingerprint density at radius 3 is 1.20 bits per heavy atom. The minimum absolute atomic E-state index is 0. The van der Waals surface area contributed by atoms with Gasteiger partial charge in [-0.3, -0.25) is 38.7 Å². The van der Waals surface area contributed by atoms with E-state index in [4.69, 9.17) is 0 Å². The van der Waals surface area contributed by atoms with Crippen molar-refractivity contribution in [2.75, 3.05) is 0 Å². The van der Waals surface area contributed by atoms with Gasteiger partial charge in [0.25, 0.3) is 0 Å². The van der Waals surface area contributed by atoms with Crippen molar-refractivity contribution in [1.82, 2.24) is 25.6 Å². The zero-order valence-electron chi connectivity index (χ0n) is 25.7. The third kappa shape index (κ3) is 8.64. The Hall–Kier alpha value is -4.88. The monoisotopic (exact) mass is 675 g/mol. The summed E-state index contributed by atoms with van der Waals surface area (Å²) in [6.45, 7) is 6.91. The van der Waals surface area contributed by atoms with Crippen molar-refractivity contribution in [1.29, 1.82) is 0 Å². The zero-order valence-corrected chi connectivity index (χ0v) is 26.7. The van der Waals surface area contributed by atoms with E-state index in [-0.39, 0.29) is 22.0 Å². The smallest absolute Gasteiger partial charge is 0.412 e. The molecule has 2 saturated heterocycles. The normalized spacial score (nSPS) is 15.8. The van der Waals surface area contributed by atoms with E-state index < -0.39 is 46.5 Å². The van der Waals surface area contributed by atoms with Crippen molar-refractivity contribution in [3.8, 4) is 22.8 Å². The molecule has 0 aliphatic carbocycles. The predicted molar refractivity (Wildman–Crippen MR) is 164 cm³/mol. The van der Waals surface area contributed by atoms with E-state index >= 15 is 0 Å². The van der Waals surface area contributed by atoms with E-state index in [2.05, 4.69) is 25.6 Å². The Balaban J connectivity index is 0.000000345. The van der Waals surface area contributed by atoms with Crippen LogP contribution in [0.2, 0.25) is 0 Å². The predicted octanol–water partition coefficient (Wildman–Crippen LogP) is 4.26. The van der Waals surface area contributed by atoms with Gasteiger partial charge >= 0.3 is 16.5 Å². The molecule has 0 unspecified atom stereocenters. The molecule has 2 aliphatic heterocycles. The molecule has 0 radical (unpaired) electrons. The number of imide groups is 4. The summed E-state index contributed by atoms with van der Waals surface area (Å²) in [7, 11) is 0. The van der Waals surface area contributed by atoms with Gasteiger partial charge < -0.3 is 26.7 Å². The average Bonchev–Trinajstić information content (AvgIpc) is 3.03. The number of carbonyl (C=O) groups excluding carboxylic acids is 6. The van der Waals surface area contributed by atoms with Gasteiger partial charge in [0.1, 0.15) is 0 Å². The van der Waals surface area contributed by atoms with Crippen LogP contribution < -0.4 is 10.6 Å². The first-order valence-electron chi connectivity index (χ1n) is 14.1. The maximum atomic E-state index is 11.4. The van der Waals surface area contributed by atoms with Crippen LogP contribution in [0.15, 0.2) is 67.0 Å². The van der Waals surface area contributed by atoms with Gasteiger partial charge in [0, 0.05) is 12.4 Å². The second kappa shape index (κ2) is 17.6. The summed E-state index contributed by atoms with van der Waals surface area (Å²) < 4.78 is 0. The molecule has 0 bridgehead atoms. The van der Waals surface area contributed by atoms with Crippen LogP contribution in [0, 0.1) is 10.8 Å². The van der Waals surface area contributed by atoms with E-state index in [1.807, 2.05) is 65.2 Å². The van der Waals surface area contributed by atoms with Crippen LogP contribution in [0.1, 0.15) is 53.4 Å². The van der Waals surface area contributed by atoms with Gasteiger partial charge in [0.2, 0.25) is 0 Å². The number of barbiturate groups is 2. The van der Waals surface area contributed by atoms with Crippen LogP contribution in [0.25, 0.3) is 33.4 Å². The number of aromatic nitrogens is 3. The van der Waals surface area contributed by atoms with E-state index in [0.29, 0.717) is 25.7 Å². The average molecular weight is 676 g/mol. The molecule has 8 amide bonds. The molecule has 3 aromatic heterocycles. The van der Waals surface area contributed by atoms with Gasteiger partial charge in [-0.1, -0.05) is 45.9 Å². The molecule has 14 nitrogen and oxygen atoms in total. The molecule has 0 atom stereocenters. The molecule has 2 aliphatic rings. The minimum Gasteiger partial charge on any atom is -0.412 e. The summed E-state index contributed by atoms with van der Waals surface area (Å²) >= 11 is 0. The molecule has 4 N–H and O–H groups in total. The van der Waals surface area contributed by atoms with E-state index in [0.717, 1.165) is 22.8 Å². The molecule has 246 valence electrons. The second-order valence-corrected chi connectivity index (χ2v) is 9.77. The number of hydrogen-bond acceptors (Lipinski definition) is 9. The number of rotatable bonds is 6. The third-order valence-electron chi connectivity index (χ3n) is 7.55. The summed E-state index contributed by atoms with van der Waals surface area (Å²) in [6, 6.07) is 15.8. The molecule has 5 heterocycles. The molecule has 0 aromatic carbocycles. The first-order chi connectivity index (χ1) is 21.1. The van der Waals surface area contributed by atoms with E-state index in [1.54, 1.807) is 40.1 Å². The minimum atomic E-state index is -1.12. The Morgan fingerprint density at radius 1 is 0.565 bits per heavy atom. The van der Waals surface area contributed by atoms with Crippen LogP contribution in [-0.4, -0.2) is 56.1 Å². The molecule has 0 saturated carbocycles. The molecular formula is C31H35N7NiO7. The number of carbonyl (C=O) groups is 6. The van der Waals surface area contributed by atoms with Crippen molar-refractivity contribution in [2.45, 2.75) is 53.4 Å². The van der Waals surface area contributed by atoms with Gasteiger partial charge in [0.05, 0.1) is 33.6 Å². The number of pyridine rings is 3.